The van der Waals surface area contributed by atoms with E-state index in [0.717, 1.165) is 41.2 Å². The van der Waals surface area contributed by atoms with Gasteiger partial charge in [0.1, 0.15) is 0 Å². The quantitative estimate of drug-likeness (QED) is 0.194. The Bertz CT molecular complexity index is 649. The van der Waals surface area contributed by atoms with Gasteiger partial charge in [-0.15, -0.1) is 0 Å². The number of aliphatic carboxylic acids is 1. The van der Waals surface area contributed by atoms with E-state index in [-0.39, 0.29) is 12.0 Å². The Labute approximate surface area is 179 Å². The van der Waals surface area contributed by atoms with Crippen LogP contribution in [0.5, 0.6) is 0 Å². The van der Waals surface area contributed by atoms with Crippen LogP contribution in [0.25, 0.3) is 0 Å². The molecule has 0 fully saturated rings. The van der Waals surface area contributed by atoms with Gasteiger partial charge >= 0.3 is 17.9 Å². The zero-order valence-corrected chi connectivity index (χ0v) is 18.6. The van der Waals surface area contributed by atoms with Gasteiger partial charge in [-0.25, -0.2) is 9.59 Å². The molecule has 0 aliphatic rings. The number of aryl methyl sites for hydroxylation is 1. The first-order valence-corrected chi connectivity index (χ1v) is 10.9. The SMILES string of the molecule is CCCCCCCc1ccc(I)cc1C(=O)OC(CCCC)C(F)(F)C(=O)O. The molecule has 0 heterocycles. The monoisotopic (exact) mass is 510 g/mol. The summed E-state index contributed by atoms with van der Waals surface area (Å²) < 4.78 is 33.9. The molecule has 0 saturated carbocycles. The number of carboxylic acids is 1. The molecule has 0 radical (unpaired) electrons. The molecule has 158 valence electrons. The fourth-order valence-electron chi connectivity index (χ4n) is 2.91. The van der Waals surface area contributed by atoms with Crippen LogP contribution in [-0.4, -0.2) is 29.1 Å². The van der Waals surface area contributed by atoms with Crippen molar-refractivity contribution in [2.45, 2.75) is 83.7 Å². The first-order valence-electron chi connectivity index (χ1n) is 9.84. The second kappa shape index (κ2) is 12.3. The number of benzene rings is 1. The summed E-state index contributed by atoms with van der Waals surface area (Å²) in [6.07, 6.45) is 4.75. The second-order valence-corrected chi connectivity index (χ2v) is 8.18. The molecule has 0 amide bonds. The van der Waals surface area contributed by atoms with Gasteiger partial charge in [0.05, 0.1) is 5.56 Å². The molecular formula is C21H29F2IO4. The van der Waals surface area contributed by atoms with E-state index in [1.54, 1.807) is 13.0 Å². The Morgan fingerprint density at radius 3 is 2.36 bits per heavy atom. The summed E-state index contributed by atoms with van der Waals surface area (Å²) in [6, 6.07) is 5.29. The van der Waals surface area contributed by atoms with Crippen molar-refractivity contribution in [1.29, 1.82) is 0 Å². The van der Waals surface area contributed by atoms with E-state index in [0.29, 0.717) is 19.3 Å². The number of rotatable bonds is 13. The number of carbonyl (C=O) groups is 2. The molecule has 1 unspecified atom stereocenters. The molecule has 0 spiro atoms. The van der Waals surface area contributed by atoms with Gasteiger partial charge in [0.15, 0.2) is 6.10 Å². The van der Waals surface area contributed by atoms with Crippen LogP contribution in [0.1, 0.15) is 81.1 Å². The van der Waals surface area contributed by atoms with E-state index in [1.807, 2.05) is 34.7 Å². The molecule has 0 bridgehead atoms. The van der Waals surface area contributed by atoms with Crippen LogP contribution in [0.2, 0.25) is 0 Å². The number of carboxylic acid groups (broad SMARTS) is 1. The number of esters is 1. The molecule has 4 nitrogen and oxygen atoms in total. The normalized spacial score (nSPS) is 12.6. The number of carbonyl (C=O) groups excluding carboxylic acids is 1. The maximum absolute atomic E-state index is 14.0. The summed E-state index contributed by atoms with van der Waals surface area (Å²) in [5.41, 5.74) is 0.986. The standard InChI is InChI=1S/C21H29F2IO4/c1-3-5-7-8-9-10-15-12-13-16(24)14-17(15)19(25)28-18(11-6-4-2)21(22,23)20(26)27/h12-14,18H,3-11H2,1-2H3,(H,26,27). The number of alkyl halides is 2. The zero-order chi connectivity index (χ0) is 21.2. The fourth-order valence-corrected chi connectivity index (χ4v) is 3.40. The predicted molar refractivity (Wildman–Crippen MR) is 113 cm³/mol. The highest BCUT2D eigenvalue weighted by Gasteiger charge is 2.49. The molecule has 1 N–H and O–H groups in total. The van der Waals surface area contributed by atoms with E-state index >= 15 is 0 Å². The third-order valence-electron chi connectivity index (χ3n) is 4.60. The third-order valence-corrected chi connectivity index (χ3v) is 5.27. The lowest BCUT2D eigenvalue weighted by molar-refractivity contribution is -0.183. The van der Waals surface area contributed by atoms with Gasteiger partial charge in [-0.1, -0.05) is 52.0 Å². The average molecular weight is 510 g/mol. The highest BCUT2D eigenvalue weighted by molar-refractivity contribution is 14.1. The first-order chi connectivity index (χ1) is 13.2. The van der Waals surface area contributed by atoms with Crippen molar-refractivity contribution in [2.75, 3.05) is 0 Å². The maximum Gasteiger partial charge on any atom is 0.378 e. The van der Waals surface area contributed by atoms with Crippen LogP contribution >= 0.6 is 22.6 Å². The van der Waals surface area contributed by atoms with Gasteiger partial charge in [0, 0.05) is 3.57 Å². The van der Waals surface area contributed by atoms with E-state index in [4.69, 9.17) is 9.84 Å². The summed E-state index contributed by atoms with van der Waals surface area (Å²) in [6.45, 7) is 3.93. The van der Waals surface area contributed by atoms with Gasteiger partial charge in [0.2, 0.25) is 0 Å². The topological polar surface area (TPSA) is 63.6 Å². The summed E-state index contributed by atoms with van der Waals surface area (Å²) in [5.74, 6) is -7.28. The van der Waals surface area contributed by atoms with E-state index < -0.39 is 24.0 Å². The van der Waals surface area contributed by atoms with Crippen LogP contribution in [0.3, 0.4) is 0 Å². The minimum absolute atomic E-state index is 0.197. The number of unbranched alkanes of at least 4 members (excludes halogenated alkanes) is 5. The fraction of sp³-hybridized carbons (Fsp3) is 0.619. The molecule has 7 heteroatoms. The first kappa shape index (κ1) is 24.8. The molecule has 28 heavy (non-hydrogen) atoms. The van der Waals surface area contributed by atoms with E-state index in [2.05, 4.69) is 6.92 Å². The number of hydrogen-bond donors (Lipinski definition) is 1. The van der Waals surface area contributed by atoms with Gasteiger partial charge in [0.25, 0.3) is 0 Å². The Balaban J connectivity index is 2.95. The van der Waals surface area contributed by atoms with Gasteiger partial charge in [-0.05, 0) is 66.0 Å². The number of ether oxygens (including phenoxy) is 1. The summed E-state index contributed by atoms with van der Waals surface area (Å²) in [7, 11) is 0. The Morgan fingerprint density at radius 2 is 1.75 bits per heavy atom. The average Bonchev–Trinajstić information content (AvgIpc) is 2.65. The molecule has 1 aromatic carbocycles. The lowest BCUT2D eigenvalue weighted by atomic mass is 10.00. The predicted octanol–water partition coefficient (Wildman–Crippen LogP) is 6.24. The largest absolute Gasteiger partial charge is 0.477 e. The summed E-state index contributed by atoms with van der Waals surface area (Å²) in [4.78, 5) is 23.6. The Kier molecular flexibility index (Phi) is 10.9. The molecule has 0 aliphatic heterocycles. The number of halogens is 3. The lowest BCUT2D eigenvalue weighted by Gasteiger charge is -2.24. The van der Waals surface area contributed by atoms with Crippen molar-refractivity contribution in [2.24, 2.45) is 0 Å². The molecule has 1 aromatic rings. The smallest absolute Gasteiger partial charge is 0.378 e. The minimum atomic E-state index is -4.12. The van der Waals surface area contributed by atoms with Gasteiger partial charge in [-0.3, -0.25) is 0 Å². The molecule has 1 rings (SSSR count). The highest BCUT2D eigenvalue weighted by atomic mass is 127. The molecule has 1 atom stereocenters. The van der Waals surface area contributed by atoms with Crippen molar-refractivity contribution in [3.63, 3.8) is 0 Å². The van der Waals surface area contributed by atoms with Crippen molar-refractivity contribution in [3.8, 4) is 0 Å². The van der Waals surface area contributed by atoms with Crippen molar-refractivity contribution in [1.82, 2.24) is 0 Å². The zero-order valence-electron chi connectivity index (χ0n) is 16.5. The van der Waals surface area contributed by atoms with Gasteiger partial charge in [-0.2, -0.15) is 8.78 Å². The molecule has 0 aliphatic carbocycles. The maximum atomic E-state index is 14.0. The second-order valence-electron chi connectivity index (χ2n) is 6.93. The van der Waals surface area contributed by atoms with Crippen LogP contribution in [-0.2, 0) is 16.0 Å². The van der Waals surface area contributed by atoms with Crippen molar-refractivity contribution in [3.05, 3.63) is 32.9 Å². The summed E-state index contributed by atoms with van der Waals surface area (Å²) in [5, 5.41) is 8.84. The van der Waals surface area contributed by atoms with Gasteiger partial charge < -0.3 is 9.84 Å². The van der Waals surface area contributed by atoms with E-state index in [1.165, 1.54) is 0 Å². The summed E-state index contributed by atoms with van der Waals surface area (Å²) >= 11 is 2.04. The number of hydrogen-bond acceptors (Lipinski definition) is 3. The highest BCUT2D eigenvalue weighted by Crippen LogP contribution is 2.28. The Hall–Kier alpha value is -1.25. The van der Waals surface area contributed by atoms with Crippen LogP contribution in [0.4, 0.5) is 8.78 Å². The van der Waals surface area contributed by atoms with E-state index in [9.17, 15) is 18.4 Å². The van der Waals surface area contributed by atoms with Crippen LogP contribution in [0, 0.1) is 3.57 Å². The molecule has 0 saturated heterocycles. The minimum Gasteiger partial charge on any atom is -0.477 e. The Morgan fingerprint density at radius 1 is 1.11 bits per heavy atom. The van der Waals surface area contributed by atoms with Crippen molar-refractivity contribution >= 4 is 34.5 Å². The molecule has 0 aromatic heterocycles. The van der Waals surface area contributed by atoms with Crippen LogP contribution in [0.15, 0.2) is 18.2 Å². The lowest BCUT2D eigenvalue weighted by Crippen LogP contribution is -2.44. The third kappa shape index (κ3) is 7.64. The van der Waals surface area contributed by atoms with Crippen molar-refractivity contribution < 1.29 is 28.2 Å². The molecular weight excluding hydrogens is 481 g/mol. The van der Waals surface area contributed by atoms with Crippen LogP contribution < -0.4 is 0 Å².